The first-order chi connectivity index (χ1) is 7.56. The van der Waals surface area contributed by atoms with Gasteiger partial charge in [-0.05, 0) is 24.5 Å². The Bertz CT molecular complexity index is 429. The molecule has 2 aliphatic carbocycles. The Kier molecular flexibility index (Phi) is 1.81. The number of carboxylic acid groups (broad SMARTS) is 1. The van der Waals surface area contributed by atoms with Crippen molar-refractivity contribution >= 4 is 5.97 Å². The molecule has 1 saturated carbocycles. The standard InChI is InChI=1S/C11H10F2O3/c12-6-1-2-7(13)9-8(6)5-3-11(5,4-16-9)10(14)15/h1-2,5,8-9H,3-4H2,(H,14,15)/t5-,8?,9+,11+/m1/s1. The van der Waals surface area contributed by atoms with Gasteiger partial charge < -0.3 is 9.84 Å². The second-order valence-electron chi connectivity index (χ2n) is 4.63. The molecule has 0 radical (unpaired) electrons. The van der Waals surface area contributed by atoms with Gasteiger partial charge in [-0.3, -0.25) is 4.79 Å². The molecule has 1 unspecified atom stereocenters. The van der Waals surface area contributed by atoms with Crippen LogP contribution in [0.1, 0.15) is 6.42 Å². The van der Waals surface area contributed by atoms with Crippen LogP contribution in [-0.4, -0.2) is 23.8 Å². The first-order valence-electron chi connectivity index (χ1n) is 5.14. The van der Waals surface area contributed by atoms with Gasteiger partial charge in [0, 0.05) is 5.92 Å². The lowest BCUT2D eigenvalue weighted by molar-refractivity contribution is -0.152. The fourth-order valence-electron chi connectivity index (χ4n) is 2.78. The Morgan fingerprint density at radius 3 is 2.81 bits per heavy atom. The molecule has 0 bridgehead atoms. The molecule has 0 aromatic heterocycles. The second-order valence-corrected chi connectivity index (χ2v) is 4.63. The molecule has 0 aromatic rings. The van der Waals surface area contributed by atoms with Crippen molar-refractivity contribution in [1.82, 2.24) is 0 Å². The molecule has 16 heavy (non-hydrogen) atoms. The molecule has 0 spiro atoms. The molecule has 1 aliphatic heterocycles. The number of rotatable bonds is 1. The van der Waals surface area contributed by atoms with Crippen molar-refractivity contribution in [3.8, 4) is 0 Å². The van der Waals surface area contributed by atoms with Crippen LogP contribution in [0.5, 0.6) is 0 Å². The third-order valence-electron chi connectivity index (χ3n) is 3.83. The number of aliphatic carboxylic acids is 1. The van der Waals surface area contributed by atoms with Crippen molar-refractivity contribution in [2.24, 2.45) is 17.3 Å². The van der Waals surface area contributed by atoms with Crippen molar-refractivity contribution in [2.45, 2.75) is 12.5 Å². The average Bonchev–Trinajstić information content (AvgIpc) is 2.98. The van der Waals surface area contributed by atoms with Gasteiger partial charge in [-0.2, -0.15) is 0 Å². The van der Waals surface area contributed by atoms with E-state index >= 15 is 0 Å². The highest BCUT2D eigenvalue weighted by atomic mass is 19.1. The Hall–Kier alpha value is -1.23. The molecule has 86 valence electrons. The summed E-state index contributed by atoms with van der Waals surface area (Å²) in [5.41, 5.74) is -0.982. The van der Waals surface area contributed by atoms with Crippen LogP contribution in [0, 0.1) is 17.3 Å². The summed E-state index contributed by atoms with van der Waals surface area (Å²) < 4.78 is 32.1. The Balaban J connectivity index is 1.94. The maximum atomic E-state index is 13.6. The predicted molar refractivity (Wildman–Crippen MR) is 49.8 cm³/mol. The zero-order chi connectivity index (χ0) is 11.5. The summed E-state index contributed by atoms with van der Waals surface area (Å²) in [5.74, 6) is -3.05. The summed E-state index contributed by atoms with van der Waals surface area (Å²) in [6.45, 7) is -0.0251. The topological polar surface area (TPSA) is 46.5 Å². The summed E-state index contributed by atoms with van der Waals surface area (Å²) in [6.07, 6.45) is 1.56. The van der Waals surface area contributed by atoms with Crippen LogP contribution in [0.15, 0.2) is 23.8 Å². The van der Waals surface area contributed by atoms with Crippen LogP contribution in [0.2, 0.25) is 0 Å². The van der Waals surface area contributed by atoms with Crippen LogP contribution < -0.4 is 0 Å². The van der Waals surface area contributed by atoms with Gasteiger partial charge in [0.25, 0.3) is 0 Å². The number of halogens is 2. The minimum atomic E-state index is -0.982. The molecule has 0 aromatic carbocycles. The van der Waals surface area contributed by atoms with Crippen molar-refractivity contribution in [1.29, 1.82) is 0 Å². The number of carboxylic acids is 1. The van der Waals surface area contributed by atoms with Crippen molar-refractivity contribution < 1.29 is 23.4 Å². The van der Waals surface area contributed by atoms with Gasteiger partial charge in [0.2, 0.25) is 0 Å². The van der Waals surface area contributed by atoms with Gasteiger partial charge in [0.05, 0.1) is 12.0 Å². The summed E-state index contributed by atoms with van der Waals surface area (Å²) in [7, 11) is 0. The van der Waals surface area contributed by atoms with E-state index in [2.05, 4.69) is 0 Å². The fraction of sp³-hybridized carbons (Fsp3) is 0.545. The van der Waals surface area contributed by atoms with E-state index in [4.69, 9.17) is 9.84 Å². The summed E-state index contributed by atoms with van der Waals surface area (Å²) in [6, 6.07) is 0. The molecular formula is C11H10F2O3. The van der Waals surface area contributed by atoms with Gasteiger partial charge in [-0.15, -0.1) is 0 Å². The van der Waals surface area contributed by atoms with E-state index < -0.39 is 35.1 Å². The van der Waals surface area contributed by atoms with Crippen LogP contribution in [0.3, 0.4) is 0 Å². The number of hydrogen-bond acceptors (Lipinski definition) is 2. The molecule has 1 heterocycles. The van der Waals surface area contributed by atoms with E-state index in [1.807, 2.05) is 0 Å². The van der Waals surface area contributed by atoms with Crippen LogP contribution >= 0.6 is 0 Å². The van der Waals surface area contributed by atoms with Crippen LogP contribution in [0.4, 0.5) is 8.78 Å². The zero-order valence-electron chi connectivity index (χ0n) is 8.32. The van der Waals surface area contributed by atoms with E-state index in [1.54, 1.807) is 0 Å². The molecule has 2 fully saturated rings. The summed E-state index contributed by atoms with van der Waals surface area (Å²) in [5, 5.41) is 9.05. The Morgan fingerprint density at radius 2 is 2.12 bits per heavy atom. The van der Waals surface area contributed by atoms with Gasteiger partial charge in [0.1, 0.15) is 17.8 Å². The molecule has 1 saturated heterocycles. The average molecular weight is 228 g/mol. The van der Waals surface area contributed by atoms with Crippen LogP contribution in [0.25, 0.3) is 0 Å². The smallest absolute Gasteiger partial charge is 0.312 e. The molecule has 1 N–H and O–H groups in total. The number of carbonyl (C=O) groups is 1. The SMILES string of the molecule is O=C(O)[C@@]12CO[C@H]3C(F)=CC=C(F)C3[C@H]1C2. The van der Waals surface area contributed by atoms with Gasteiger partial charge >= 0.3 is 5.97 Å². The molecule has 0 amide bonds. The summed E-state index contributed by atoms with van der Waals surface area (Å²) in [4.78, 5) is 11.1. The highest BCUT2D eigenvalue weighted by Gasteiger charge is 2.69. The van der Waals surface area contributed by atoms with E-state index in [1.165, 1.54) is 0 Å². The number of ether oxygens (including phenoxy) is 1. The maximum Gasteiger partial charge on any atom is 0.312 e. The lowest BCUT2D eigenvalue weighted by atomic mass is 9.84. The quantitative estimate of drug-likeness (QED) is 0.744. The van der Waals surface area contributed by atoms with Crippen LogP contribution in [-0.2, 0) is 9.53 Å². The predicted octanol–water partition coefficient (Wildman–Crippen LogP) is 1.81. The van der Waals surface area contributed by atoms with Crippen molar-refractivity contribution in [2.75, 3.05) is 6.61 Å². The monoisotopic (exact) mass is 228 g/mol. The van der Waals surface area contributed by atoms with Crippen molar-refractivity contribution in [3.63, 3.8) is 0 Å². The second kappa shape index (κ2) is 2.91. The highest BCUT2D eigenvalue weighted by Crippen LogP contribution is 2.63. The lowest BCUT2D eigenvalue weighted by Crippen LogP contribution is -2.41. The number of fused-ring (bicyclic) bond motifs is 3. The Morgan fingerprint density at radius 1 is 1.44 bits per heavy atom. The largest absolute Gasteiger partial charge is 0.481 e. The van der Waals surface area contributed by atoms with E-state index in [-0.39, 0.29) is 12.5 Å². The normalized spacial score (nSPS) is 45.0. The van der Waals surface area contributed by atoms with Crippen molar-refractivity contribution in [3.05, 3.63) is 23.8 Å². The summed E-state index contributed by atoms with van der Waals surface area (Å²) >= 11 is 0. The van der Waals surface area contributed by atoms with Gasteiger partial charge in [-0.25, -0.2) is 8.78 Å². The minimum Gasteiger partial charge on any atom is -0.481 e. The van der Waals surface area contributed by atoms with E-state index in [0.717, 1.165) is 12.2 Å². The van der Waals surface area contributed by atoms with Gasteiger partial charge in [-0.1, -0.05) is 0 Å². The van der Waals surface area contributed by atoms with E-state index in [9.17, 15) is 13.6 Å². The third-order valence-corrected chi connectivity index (χ3v) is 3.83. The molecule has 4 atom stereocenters. The Labute approximate surface area is 90.4 Å². The maximum absolute atomic E-state index is 13.6. The highest BCUT2D eigenvalue weighted by molar-refractivity contribution is 5.79. The molecule has 3 nitrogen and oxygen atoms in total. The first-order valence-corrected chi connectivity index (χ1v) is 5.14. The number of hydrogen-bond donors (Lipinski definition) is 1. The molecular weight excluding hydrogens is 218 g/mol. The minimum absolute atomic E-state index is 0.0251. The molecule has 3 aliphatic rings. The fourth-order valence-corrected chi connectivity index (χ4v) is 2.78. The molecule has 5 heteroatoms. The number of allylic oxidation sites excluding steroid dienone is 2. The third kappa shape index (κ3) is 1.06. The van der Waals surface area contributed by atoms with E-state index in [0.29, 0.717) is 6.42 Å². The van der Waals surface area contributed by atoms with Gasteiger partial charge in [0.15, 0.2) is 0 Å². The lowest BCUT2D eigenvalue weighted by Gasteiger charge is -2.34. The first kappa shape index (κ1) is 9.96. The molecule has 3 rings (SSSR count). The zero-order valence-corrected chi connectivity index (χ0v) is 8.32.